The lowest BCUT2D eigenvalue weighted by molar-refractivity contribution is -0.366. The summed E-state index contributed by atoms with van der Waals surface area (Å²) in [4.78, 5) is 27.4. The monoisotopic (exact) mass is 734 g/mol. The minimum atomic E-state index is -1.55. The Morgan fingerprint density at radius 1 is 0.830 bits per heavy atom. The second kappa shape index (κ2) is 13.3. The van der Waals surface area contributed by atoms with Crippen molar-refractivity contribution in [3.63, 3.8) is 0 Å². The van der Waals surface area contributed by atoms with E-state index < -0.39 is 64.1 Å². The molecule has 1 aromatic rings. The summed E-state index contributed by atoms with van der Waals surface area (Å²) in [6.45, 7) is 20.3. The summed E-state index contributed by atoms with van der Waals surface area (Å²) in [7, 11) is 0. The van der Waals surface area contributed by atoms with E-state index in [-0.39, 0.29) is 34.7 Å². The number of aliphatic hydroxyl groups excluding tert-OH is 3. The Labute approximate surface area is 317 Å². The van der Waals surface area contributed by atoms with Crippen molar-refractivity contribution < 1.29 is 39.5 Å². The zero-order chi connectivity index (χ0) is 39.2. The Morgan fingerprint density at radius 2 is 1.47 bits per heavy atom. The average Bonchev–Trinajstić information content (AvgIpc) is 3.08. The van der Waals surface area contributed by atoms with Gasteiger partial charge in [0.1, 0.15) is 6.10 Å². The minimum Gasteiger partial charge on any atom is -0.454 e. The van der Waals surface area contributed by atoms with Crippen molar-refractivity contribution in [3.05, 3.63) is 53.6 Å². The van der Waals surface area contributed by atoms with E-state index in [1.165, 1.54) is 6.08 Å². The van der Waals surface area contributed by atoms with Crippen LogP contribution in [0.1, 0.15) is 126 Å². The molecule has 1 aromatic carbocycles. The molecule has 0 aromatic heterocycles. The van der Waals surface area contributed by atoms with E-state index >= 15 is 0 Å². The highest BCUT2D eigenvalue weighted by molar-refractivity contribution is 5.88. The van der Waals surface area contributed by atoms with Gasteiger partial charge in [-0.15, -0.1) is 0 Å². The molecule has 3 unspecified atom stereocenters. The Balaban J connectivity index is 1.47. The van der Waals surface area contributed by atoms with Gasteiger partial charge in [0.05, 0.1) is 29.3 Å². The maximum absolute atomic E-state index is 13.9. The predicted octanol–water partition coefficient (Wildman–Crippen LogP) is 7.42. The number of hydrogen-bond donors (Lipinski definition) is 4. The second-order valence-electron chi connectivity index (χ2n) is 19.8. The first kappa shape index (κ1) is 40.2. The van der Waals surface area contributed by atoms with Gasteiger partial charge >= 0.3 is 11.9 Å². The molecule has 0 aliphatic heterocycles. The molecule has 0 amide bonds. The fraction of sp³-hybridized carbons (Fsp3) is 0.733. The molecule has 13 atom stereocenters. The number of allylic oxidation sites excluding steroid dienone is 1. The van der Waals surface area contributed by atoms with Gasteiger partial charge in [-0.1, -0.05) is 84.9 Å². The molecule has 0 heterocycles. The Hall–Kier alpha value is -2.52. The first-order valence-electron chi connectivity index (χ1n) is 20.1. The summed E-state index contributed by atoms with van der Waals surface area (Å²) in [5.41, 5.74) is -3.93. The highest BCUT2D eigenvalue weighted by atomic mass is 16.6. The van der Waals surface area contributed by atoms with Crippen molar-refractivity contribution in [1.29, 1.82) is 0 Å². The van der Waals surface area contributed by atoms with E-state index in [4.69, 9.17) is 9.47 Å². The highest BCUT2D eigenvalue weighted by Gasteiger charge is 2.80. The molecule has 0 radical (unpaired) electrons. The van der Waals surface area contributed by atoms with E-state index in [0.29, 0.717) is 24.3 Å². The SMILES string of the molecule is C/C=C(/C)C(=O)O[C@H]1[C@H](OC(=O)/C=C\c2ccccc2)[C@@]2([C@H](C)O)C(CC1(C)C)[C@@]1(O)CCC3[C@@]4(C)CC[C@H](O)C(C)(C)C4CC[C@@]3(C)[C@]1(C)C[C@H]2O. The molecule has 0 bridgehead atoms. The number of esters is 2. The highest BCUT2D eigenvalue weighted by Crippen LogP contribution is 2.78. The number of carbonyl (C=O) groups excluding carboxylic acids is 2. The number of rotatable bonds is 6. The standard InChI is InChI=1S/C45H66O8/c1-11-27(2)38(50)53-36-37(52-35(49)18-17-29-15-13-12-14-16-29)45(28(3)46)32(25-39(36,4)5)44(51)24-20-31-41(8)22-21-33(47)40(6,7)30(41)19-23-42(31,9)43(44,10)26-34(45)48/h11-18,28,30-34,36-37,46-48,51H,19-26H2,1-10H3/b18-17-,27-11-/t28-,30?,31?,32?,33-,34+,36-,37-,41-,42+,43-,44-,45-/m0/s1. The van der Waals surface area contributed by atoms with Crippen LogP contribution >= 0.6 is 0 Å². The van der Waals surface area contributed by atoms with Crippen LogP contribution in [0.3, 0.4) is 0 Å². The maximum atomic E-state index is 13.9. The number of aliphatic hydroxyl groups is 4. The summed E-state index contributed by atoms with van der Waals surface area (Å²) in [5, 5.41) is 49.8. The van der Waals surface area contributed by atoms with Crippen LogP contribution in [0.25, 0.3) is 6.08 Å². The third kappa shape index (κ3) is 5.65. The van der Waals surface area contributed by atoms with Crippen LogP contribution in [0.5, 0.6) is 0 Å². The van der Waals surface area contributed by atoms with E-state index in [1.807, 2.05) is 44.2 Å². The molecule has 6 rings (SSSR count). The fourth-order valence-electron chi connectivity index (χ4n) is 13.6. The molecule has 5 saturated carbocycles. The van der Waals surface area contributed by atoms with Gasteiger partial charge in [-0.2, -0.15) is 0 Å². The minimum absolute atomic E-state index is 0.0528. The zero-order valence-electron chi connectivity index (χ0n) is 33.8. The second-order valence-corrected chi connectivity index (χ2v) is 19.8. The third-order valence-corrected chi connectivity index (χ3v) is 16.9. The Bertz CT molecular complexity index is 1630. The van der Waals surface area contributed by atoms with Crippen LogP contribution in [0.2, 0.25) is 0 Å². The molecule has 0 saturated heterocycles. The summed E-state index contributed by atoms with van der Waals surface area (Å²) in [6.07, 6.45) is 4.79. The summed E-state index contributed by atoms with van der Waals surface area (Å²) < 4.78 is 12.7. The topological polar surface area (TPSA) is 134 Å². The van der Waals surface area contributed by atoms with E-state index in [2.05, 4.69) is 34.6 Å². The molecule has 8 nitrogen and oxygen atoms in total. The average molecular weight is 735 g/mol. The van der Waals surface area contributed by atoms with Gasteiger partial charge in [-0.05, 0) is 112 Å². The number of carbonyl (C=O) groups is 2. The molecule has 4 N–H and O–H groups in total. The van der Waals surface area contributed by atoms with Crippen LogP contribution < -0.4 is 0 Å². The number of fused-ring (bicyclic) bond motifs is 7. The molecule has 8 heteroatoms. The maximum Gasteiger partial charge on any atom is 0.333 e. The number of benzene rings is 1. The van der Waals surface area contributed by atoms with E-state index in [9.17, 15) is 30.0 Å². The molecule has 5 fully saturated rings. The normalized spacial score (nSPS) is 45.2. The van der Waals surface area contributed by atoms with Crippen molar-refractivity contribution in [2.75, 3.05) is 0 Å². The summed E-state index contributed by atoms with van der Waals surface area (Å²) in [6, 6.07) is 9.37. The van der Waals surface area contributed by atoms with Gasteiger partial charge < -0.3 is 29.9 Å². The zero-order valence-corrected chi connectivity index (χ0v) is 33.8. The van der Waals surface area contributed by atoms with E-state index in [1.54, 1.807) is 32.9 Å². The smallest absolute Gasteiger partial charge is 0.333 e. The van der Waals surface area contributed by atoms with Crippen molar-refractivity contribution in [2.45, 2.75) is 157 Å². The molecule has 294 valence electrons. The van der Waals surface area contributed by atoms with Crippen LogP contribution in [-0.2, 0) is 19.1 Å². The lowest BCUT2D eigenvalue weighted by atomic mass is 9.29. The Kier molecular flexibility index (Phi) is 10.1. The molecule has 5 aliphatic carbocycles. The quantitative estimate of drug-likeness (QED) is 0.175. The molecule has 53 heavy (non-hydrogen) atoms. The van der Waals surface area contributed by atoms with Gasteiger partial charge in [0, 0.05) is 28.4 Å². The van der Waals surface area contributed by atoms with Crippen LogP contribution in [0.4, 0.5) is 0 Å². The Morgan fingerprint density at radius 3 is 2.09 bits per heavy atom. The largest absolute Gasteiger partial charge is 0.454 e. The fourth-order valence-corrected chi connectivity index (χ4v) is 13.6. The van der Waals surface area contributed by atoms with Crippen molar-refractivity contribution in [1.82, 2.24) is 0 Å². The van der Waals surface area contributed by atoms with Gasteiger partial charge in [0.15, 0.2) is 6.10 Å². The number of hydrogen-bond acceptors (Lipinski definition) is 8. The lowest BCUT2D eigenvalue weighted by Gasteiger charge is -2.77. The summed E-state index contributed by atoms with van der Waals surface area (Å²) >= 11 is 0. The van der Waals surface area contributed by atoms with Crippen LogP contribution in [0.15, 0.2) is 48.1 Å². The van der Waals surface area contributed by atoms with Crippen molar-refractivity contribution in [2.24, 2.45) is 50.2 Å². The van der Waals surface area contributed by atoms with Gasteiger partial charge in [-0.25, -0.2) is 9.59 Å². The van der Waals surface area contributed by atoms with Crippen LogP contribution in [-0.4, -0.2) is 68.5 Å². The van der Waals surface area contributed by atoms with Crippen molar-refractivity contribution in [3.8, 4) is 0 Å². The van der Waals surface area contributed by atoms with Gasteiger partial charge in [0.25, 0.3) is 0 Å². The van der Waals surface area contributed by atoms with Gasteiger partial charge in [-0.3, -0.25) is 0 Å². The first-order chi connectivity index (χ1) is 24.6. The number of ether oxygens (including phenoxy) is 2. The summed E-state index contributed by atoms with van der Waals surface area (Å²) in [5.74, 6) is -1.36. The molecular formula is C45H66O8. The lowest BCUT2D eigenvalue weighted by Crippen LogP contribution is -2.81. The third-order valence-electron chi connectivity index (χ3n) is 16.9. The van der Waals surface area contributed by atoms with Crippen molar-refractivity contribution >= 4 is 18.0 Å². The van der Waals surface area contributed by atoms with Crippen LogP contribution in [0, 0.1) is 50.2 Å². The van der Waals surface area contributed by atoms with E-state index in [0.717, 1.165) is 37.7 Å². The first-order valence-corrected chi connectivity index (χ1v) is 20.1. The predicted molar refractivity (Wildman–Crippen MR) is 205 cm³/mol. The van der Waals surface area contributed by atoms with Gasteiger partial charge in [0.2, 0.25) is 0 Å². The molecule has 0 spiro atoms. The molecule has 5 aliphatic rings. The molecular weight excluding hydrogens is 668 g/mol.